The fourth-order valence-corrected chi connectivity index (χ4v) is 1.88. The summed E-state index contributed by atoms with van der Waals surface area (Å²) in [5.41, 5.74) is 1.36. The zero-order chi connectivity index (χ0) is 14.3. The van der Waals surface area contributed by atoms with E-state index in [0.29, 0.717) is 29.7 Å². The predicted octanol–water partition coefficient (Wildman–Crippen LogP) is 1.59. The predicted molar refractivity (Wildman–Crippen MR) is 73.9 cm³/mol. The van der Waals surface area contributed by atoms with Gasteiger partial charge in [-0.1, -0.05) is 11.2 Å². The summed E-state index contributed by atoms with van der Waals surface area (Å²) in [5.74, 6) is -0.733. The minimum absolute atomic E-state index is 0.0173. The van der Waals surface area contributed by atoms with Crippen LogP contribution in [0.5, 0.6) is 5.75 Å². The number of aromatic hydroxyl groups is 1. The number of hydrogen-bond donors (Lipinski definition) is 4. The van der Waals surface area contributed by atoms with Crippen molar-refractivity contribution >= 4 is 27.6 Å². The average Bonchev–Trinajstić information content (AvgIpc) is 2.37. The van der Waals surface area contributed by atoms with Crippen LogP contribution in [-0.2, 0) is 11.2 Å². The molecule has 0 aliphatic heterocycles. The van der Waals surface area contributed by atoms with Crippen molar-refractivity contribution in [2.45, 2.75) is 12.8 Å². The molecule has 0 fully saturated rings. The molecule has 6 nitrogen and oxygen atoms in total. The summed E-state index contributed by atoms with van der Waals surface area (Å²) in [7, 11) is 0. The molecule has 0 atom stereocenters. The average molecular weight is 331 g/mol. The smallest absolute Gasteiger partial charge is 0.304 e. The number of hydrogen-bond acceptors (Lipinski definition) is 5. The maximum atomic E-state index is 10.3. The highest BCUT2D eigenvalue weighted by molar-refractivity contribution is 9.10. The molecule has 1 rings (SSSR count). The van der Waals surface area contributed by atoms with Gasteiger partial charge >= 0.3 is 5.97 Å². The minimum Gasteiger partial charge on any atom is -0.507 e. The molecule has 0 bridgehead atoms. The van der Waals surface area contributed by atoms with Crippen molar-refractivity contribution in [3.05, 3.63) is 28.2 Å². The molecule has 1 aromatic rings. The Kier molecular flexibility index (Phi) is 6.31. The summed E-state index contributed by atoms with van der Waals surface area (Å²) in [4.78, 5) is 10.3. The number of rotatable bonds is 7. The first-order chi connectivity index (χ1) is 9.02. The molecule has 0 spiro atoms. The van der Waals surface area contributed by atoms with E-state index in [1.807, 2.05) is 0 Å². The molecule has 0 heterocycles. The molecule has 0 aromatic heterocycles. The lowest BCUT2D eigenvalue weighted by atomic mass is 10.1. The van der Waals surface area contributed by atoms with Crippen molar-refractivity contribution in [3.63, 3.8) is 0 Å². The van der Waals surface area contributed by atoms with Crippen molar-refractivity contribution in [2.24, 2.45) is 5.16 Å². The van der Waals surface area contributed by atoms with Gasteiger partial charge in [-0.15, -0.1) is 0 Å². The number of phenolic OH excluding ortho intramolecular Hbond substituents is 1. The molecule has 0 saturated heterocycles. The molecule has 1 aromatic carbocycles. The quantitative estimate of drug-likeness (QED) is 0.263. The summed E-state index contributed by atoms with van der Waals surface area (Å²) < 4.78 is 0.570. The van der Waals surface area contributed by atoms with Crippen molar-refractivity contribution < 1.29 is 20.2 Å². The molecule has 0 saturated carbocycles. The van der Waals surface area contributed by atoms with Crippen LogP contribution in [0, 0.1) is 0 Å². The highest BCUT2D eigenvalue weighted by Crippen LogP contribution is 2.24. The van der Waals surface area contributed by atoms with Gasteiger partial charge in [0.1, 0.15) is 5.75 Å². The number of aliphatic carboxylic acids is 1. The van der Waals surface area contributed by atoms with Crippen LogP contribution in [0.1, 0.15) is 12.0 Å². The minimum atomic E-state index is -0.877. The molecule has 0 amide bonds. The Morgan fingerprint density at radius 3 is 2.74 bits per heavy atom. The number of nitrogens with zero attached hydrogens (tertiary/aromatic N) is 1. The maximum Gasteiger partial charge on any atom is 0.304 e. The van der Waals surface area contributed by atoms with Crippen LogP contribution >= 0.6 is 15.9 Å². The summed E-state index contributed by atoms with van der Waals surface area (Å²) in [5, 5.41) is 32.8. The SMILES string of the molecule is O=C(O)CCNC/C(Cc1ccc(O)c(Br)c1)=N/O. The highest BCUT2D eigenvalue weighted by Gasteiger charge is 2.05. The molecule has 0 aliphatic carbocycles. The lowest BCUT2D eigenvalue weighted by Gasteiger charge is -2.07. The first kappa shape index (κ1) is 15.5. The van der Waals surface area contributed by atoms with Gasteiger partial charge in [0, 0.05) is 19.5 Å². The number of nitrogens with one attached hydrogen (secondary N) is 1. The Morgan fingerprint density at radius 2 is 2.16 bits per heavy atom. The fourth-order valence-electron chi connectivity index (χ4n) is 1.46. The number of carboxylic acid groups (broad SMARTS) is 1. The Hall–Kier alpha value is -1.60. The van der Waals surface area contributed by atoms with E-state index >= 15 is 0 Å². The van der Waals surface area contributed by atoms with Gasteiger partial charge in [0.25, 0.3) is 0 Å². The molecule has 104 valence electrons. The molecule has 0 radical (unpaired) electrons. The molecule has 19 heavy (non-hydrogen) atoms. The Bertz CT molecular complexity index is 477. The van der Waals surface area contributed by atoms with E-state index in [9.17, 15) is 9.90 Å². The summed E-state index contributed by atoms with van der Waals surface area (Å²) >= 11 is 3.20. The van der Waals surface area contributed by atoms with Crippen LogP contribution in [0.25, 0.3) is 0 Å². The van der Waals surface area contributed by atoms with Crippen molar-refractivity contribution in [2.75, 3.05) is 13.1 Å². The highest BCUT2D eigenvalue weighted by atomic mass is 79.9. The summed E-state index contributed by atoms with van der Waals surface area (Å²) in [6, 6.07) is 5.01. The third-order valence-electron chi connectivity index (χ3n) is 2.41. The molecule has 0 aliphatic rings. The van der Waals surface area contributed by atoms with E-state index in [4.69, 9.17) is 10.3 Å². The second-order valence-corrected chi connectivity index (χ2v) is 4.80. The van der Waals surface area contributed by atoms with Crippen LogP contribution in [0.15, 0.2) is 27.8 Å². The van der Waals surface area contributed by atoms with Crippen LogP contribution in [0.4, 0.5) is 0 Å². The maximum absolute atomic E-state index is 10.3. The van der Waals surface area contributed by atoms with Gasteiger partial charge in [-0.05, 0) is 33.6 Å². The molecular formula is C12H15BrN2O4. The van der Waals surface area contributed by atoms with Gasteiger partial charge in [0.15, 0.2) is 0 Å². The van der Waals surface area contributed by atoms with E-state index < -0.39 is 5.97 Å². The molecule has 0 unspecified atom stereocenters. The van der Waals surface area contributed by atoms with Gasteiger partial charge in [0.2, 0.25) is 0 Å². The largest absolute Gasteiger partial charge is 0.507 e. The zero-order valence-corrected chi connectivity index (χ0v) is 11.7. The van der Waals surface area contributed by atoms with E-state index in [1.165, 1.54) is 0 Å². The Morgan fingerprint density at radius 1 is 1.42 bits per heavy atom. The monoisotopic (exact) mass is 330 g/mol. The van der Waals surface area contributed by atoms with Crippen molar-refractivity contribution in [1.82, 2.24) is 5.32 Å². The second kappa shape index (κ2) is 7.75. The van der Waals surface area contributed by atoms with Crippen LogP contribution in [0.2, 0.25) is 0 Å². The summed E-state index contributed by atoms with van der Waals surface area (Å²) in [6.07, 6.45) is 0.429. The standard InChI is InChI=1S/C12H15BrN2O4/c13-10-6-8(1-2-11(10)16)5-9(15-19)7-14-4-3-12(17)18/h1-2,6,14,16,19H,3-5,7H2,(H,17,18)/b15-9+. The van der Waals surface area contributed by atoms with E-state index in [2.05, 4.69) is 26.4 Å². The third-order valence-corrected chi connectivity index (χ3v) is 3.04. The second-order valence-electron chi connectivity index (χ2n) is 3.95. The number of phenols is 1. The van der Waals surface area contributed by atoms with Gasteiger partial charge in [-0.3, -0.25) is 4.79 Å². The van der Waals surface area contributed by atoms with Crippen LogP contribution in [-0.4, -0.2) is 40.2 Å². The fraction of sp³-hybridized carbons (Fsp3) is 0.333. The molecule has 7 heteroatoms. The first-order valence-corrected chi connectivity index (χ1v) is 6.42. The number of carboxylic acids is 1. The Labute approximate surface area is 118 Å². The van der Waals surface area contributed by atoms with Crippen molar-refractivity contribution in [3.8, 4) is 5.75 Å². The summed E-state index contributed by atoms with van der Waals surface area (Å²) in [6.45, 7) is 0.621. The zero-order valence-electron chi connectivity index (χ0n) is 10.1. The topological polar surface area (TPSA) is 102 Å². The van der Waals surface area contributed by atoms with Crippen molar-refractivity contribution in [1.29, 1.82) is 0 Å². The number of oxime groups is 1. The van der Waals surface area contributed by atoms with E-state index in [1.54, 1.807) is 18.2 Å². The number of halogens is 1. The lowest BCUT2D eigenvalue weighted by molar-refractivity contribution is -0.136. The van der Waals surface area contributed by atoms with Gasteiger partial charge in [-0.25, -0.2) is 0 Å². The lowest BCUT2D eigenvalue weighted by Crippen LogP contribution is -2.26. The number of benzene rings is 1. The van der Waals surface area contributed by atoms with E-state index in [0.717, 1.165) is 5.56 Å². The first-order valence-electron chi connectivity index (χ1n) is 5.62. The van der Waals surface area contributed by atoms with Crippen LogP contribution < -0.4 is 5.32 Å². The normalized spacial score (nSPS) is 11.5. The number of carbonyl (C=O) groups is 1. The van der Waals surface area contributed by atoms with Gasteiger partial charge < -0.3 is 20.7 Å². The Balaban J connectivity index is 2.48. The third kappa shape index (κ3) is 5.71. The molecule has 4 N–H and O–H groups in total. The van der Waals surface area contributed by atoms with E-state index in [-0.39, 0.29) is 12.2 Å². The van der Waals surface area contributed by atoms with Gasteiger partial charge in [0.05, 0.1) is 16.6 Å². The molecular weight excluding hydrogens is 316 g/mol. The van der Waals surface area contributed by atoms with Gasteiger partial charge in [-0.2, -0.15) is 0 Å². The van der Waals surface area contributed by atoms with Crippen LogP contribution in [0.3, 0.4) is 0 Å².